The summed E-state index contributed by atoms with van der Waals surface area (Å²) in [6.07, 6.45) is 1.33. The zero-order chi connectivity index (χ0) is 15.2. The first-order chi connectivity index (χ1) is 10.2. The predicted octanol–water partition coefficient (Wildman–Crippen LogP) is 0.0400. The Kier molecular flexibility index (Phi) is 5.23. The van der Waals surface area contributed by atoms with Crippen LogP contribution in [-0.4, -0.2) is 66.0 Å². The number of nitro groups is 1. The lowest BCUT2D eigenvalue weighted by Gasteiger charge is -2.28. The Morgan fingerprint density at radius 2 is 2.19 bits per heavy atom. The average Bonchev–Trinajstić information content (AvgIpc) is 2.52. The lowest BCUT2D eigenvalue weighted by Crippen LogP contribution is -2.37. The van der Waals surface area contributed by atoms with Gasteiger partial charge < -0.3 is 19.6 Å². The first-order valence-corrected chi connectivity index (χ1v) is 6.87. The highest BCUT2D eigenvalue weighted by molar-refractivity contribution is 5.71. The number of likely N-dealkylation sites (N-methyl/N-ethyl adjacent to an activating group) is 1. The maximum atomic E-state index is 11.5. The number of morpholine rings is 1. The van der Waals surface area contributed by atoms with E-state index in [1.165, 1.54) is 6.33 Å². The van der Waals surface area contributed by atoms with Crippen molar-refractivity contribution in [3.63, 3.8) is 0 Å². The van der Waals surface area contributed by atoms with E-state index in [9.17, 15) is 10.1 Å². The molecule has 0 atom stereocenters. The summed E-state index contributed by atoms with van der Waals surface area (Å²) >= 11 is 0. The molecule has 1 aliphatic rings. The molecule has 1 aromatic rings. The van der Waals surface area contributed by atoms with E-state index < -0.39 is 4.92 Å². The molecule has 0 unspecified atom stereocenters. The Bertz CT molecular complexity index is 470. The molecule has 0 aromatic carbocycles. The van der Waals surface area contributed by atoms with Crippen molar-refractivity contribution in [1.29, 1.82) is 0 Å². The number of rotatable bonds is 6. The highest BCUT2D eigenvalue weighted by Crippen LogP contribution is 2.34. The van der Waals surface area contributed by atoms with Crippen LogP contribution in [0.5, 0.6) is 0 Å². The van der Waals surface area contributed by atoms with Crippen LogP contribution in [0, 0.1) is 10.1 Å². The number of hydrogen-bond donors (Lipinski definition) is 1. The quantitative estimate of drug-likeness (QED) is 0.579. The second kappa shape index (κ2) is 7.14. The van der Waals surface area contributed by atoms with Crippen molar-refractivity contribution in [3.8, 4) is 0 Å². The van der Waals surface area contributed by atoms with Crippen LogP contribution in [0.3, 0.4) is 0 Å². The van der Waals surface area contributed by atoms with Gasteiger partial charge in [0.2, 0.25) is 11.6 Å². The van der Waals surface area contributed by atoms with Crippen molar-refractivity contribution in [2.24, 2.45) is 0 Å². The SMILES string of the molecule is CCN(CCO)c1ncnc(N2CCOCC2)c1[N+](=O)[O-]. The minimum Gasteiger partial charge on any atom is -0.395 e. The van der Waals surface area contributed by atoms with Gasteiger partial charge in [-0.05, 0) is 6.92 Å². The van der Waals surface area contributed by atoms with Gasteiger partial charge in [0, 0.05) is 26.2 Å². The van der Waals surface area contributed by atoms with E-state index in [2.05, 4.69) is 9.97 Å². The molecule has 116 valence electrons. The maximum Gasteiger partial charge on any atom is 0.353 e. The van der Waals surface area contributed by atoms with Gasteiger partial charge >= 0.3 is 5.69 Å². The molecule has 2 rings (SSSR count). The summed E-state index contributed by atoms with van der Waals surface area (Å²) in [6.45, 7) is 4.72. The van der Waals surface area contributed by atoms with E-state index in [-0.39, 0.29) is 24.7 Å². The van der Waals surface area contributed by atoms with Gasteiger partial charge in [0.05, 0.1) is 24.7 Å². The van der Waals surface area contributed by atoms with Crippen LogP contribution >= 0.6 is 0 Å². The molecule has 0 spiro atoms. The van der Waals surface area contributed by atoms with Crippen LogP contribution in [0.4, 0.5) is 17.3 Å². The fourth-order valence-corrected chi connectivity index (χ4v) is 2.30. The molecule has 9 nitrogen and oxygen atoms in total. The Hall–Kier alpha value is -2.00. The molecule has 0 bridgehead atoms. The van der Waals surface area contributed by atoms with Crippen LogP contribution < -0.4 is 9.80 Å². The molecule has 1 fully saturated rings. The summed E-state index contributed by atoms with van der Waals surface area (Å²) in [5.74, 6) is 0.553. The molecular weight excluding hydrogens is 278 g/mol. The van der Waals surface area contributed by atoms with Crippen LogP contribution in [0.1, 0.15) is 6.92 Å². The third kappa shape index (κ3) is 3.37. The van der Waals surface area contributed by atoms with Gasteiger partial charge in [-0.3, -0.25) is 10.1 Å². The first kappa shape index (κ1) is 15.4. The van der Waals surface area contributed by atoms with Gasteiger partial charge in [0.15, 0.2) is 0 Å². The molecule has 1 saturated heterocycles. The molecule has 0 aliphatic carbocycles. The second-order valence-corrected chi connectivity index (χ2v) is 4.53. The van der Waals surface area contributed by atoms with E-state index >= 15 is 0 Å². The monoisotopic (exact) mass is 297 g/mol. The molecular formula is C12H19N5O4. The number of aromatic nitrogens is 2. The van der Waals surface area contributed by atoms with Gasteiger partial charge in [-0.2, -0.15) is 0 Å². The Labute approximate surface area is 122 Å². The summed E-state index contributed by atoms with van der Waals surface area (Å²) in [5.41, 5.74) is -0.116. The van der Waals surface area contributed by atoms with E-state index in [0.29, 0.717) is 38.7 Å². The largest absolute Gasteiger partial charge is 0.395 e. The molecule has 9 heteroatoms. The van der Waals surface area contributed by atoms with E-state index in [1.54, 1.807) is 4.90 Å². The Morgan fingerprint density at radius 3 is 2.76 bits per heavy atom. The molecule has 1 aromatic heterocycles. The summed E-state index contributed by atoms with van der Waals surface area (Å²) < 4.78 is 5.26. The first-order valence-electron chi connectivity index (χ1n) is 6.87. The van der Waals surface area contributed by atoms with Crippen molar-refractivity contribution in [2.75, 3.05) is 55.8 Å². The molecule has 0 saturated carbocycles. The fourth-order valence-electron chi connectivity index (χ4n) is 2.30. The zero-order valence-electron chi connectivity index (χ0n) is 11.9. The van der Waals surface area contributed by atoms with Crippen molar-refractivity contribution in [3.05, 3.63) is 16.4 Å². The van der Waals surface area contributed by atoms with Crippen molar-refractivity contribution < 1.29 is 14.8 Å². The molecule has 1 N–H and O–H groups in total. The number of nitrogens with zero attached hydrogens (tertiary/aromatic N) is 5. The topological polar surface area (TPSA) is 105 Å². The Balaban J connectivity index is 2.43. The lowest BCUT2D eigenvalue weighted by molar-refractivity contribution is -0.383. The summed E-state index contributed by atoms with van der Waals surface area (Å²) in [6, 6.07) is 0. The zero-order valence-corrected chi connectivity index (χ0v) is 11.9. The third-order valence-electron chi connectivity index (χ3n) is 3.33. The molecule has 0 amide bonds. The fraction of sp³-hybridized carbons (Fsp3) is 0.667. The second-order valence-electron chi connectivity index (χ2n) is 4.53. The van der Waals surface area contributed by atoms with Gasteiger partial charge in [0.25, 0.3) is 0 Å². The number of anilines is 2. The normalized spacial score (nSPS) is 15.0. The van der Waals surface area contributed by atoms with Crippen molar-refractivity contribution in [1.82, 2.24) is 9.97 Å². The van der Waals surface area contributed by atoms with Crippen LogP contribution in [-0.2, 0) is 4.74 Å². The molecule has 1 aliphatic heterocycles. The van der Waals surface area contributed by atoms with E-state index in [0.717, 1.165) is 0 Å². The van der Waals surface area contributed by atoms with Gasteiger partial charge in [0.1, 0.15) is 6.33 Å². The highest BCUT2D eigenvalue weighted by Gasteiger charge is 2.30. The van der Waals surface area contributed by atoms with Crippen molar-refractivity contribution in [2.45, 2.75) is 6.92 Å². The minimum absolute atomic E-state index is 0.0954. The van der Waals surface area contributed by atoms with Gasteiger partial charge in [-0.15, -0.1) is 0 Å². The lowest BCUT2D eigenvalue weighted by atomic mass is 10.3. The molecule has 21 heavy (non-hydrogen) atoms. The van der Waals surface area contributed by atoms with Gasteiger partial charge in [-0.25, -0.2) is 9.97 Å². The summed E-state index contributed by atoms with van der Waals surface area (Å²) in [5, 5.41) is 20.6. The molecule has 2 heterocycles. The minimum atomic E-state index is -0.458. The molecule has 0 radical (unpaired) electrons. The Morgan fingerprint density at radius 1 is 1.48 bits per heavy atom. The van der Waals surface area contributed by atoms with Crippen molar-refractivity contribution >= 4 is 17.3 Å². The van der Waals surface area contributed by atoms with Crippen LogP contribution in [0.25, 0.3) is 0 Å². The van der Waals surface area contributed by atoms with E-state index in [1.807, 2.05) is 11.8 Å². The third-order valence-corrected chi connectivity index (χ3v) is 3.33. The van der Waals surface area contributed by atoms with Gasteiger partial charge in [-0.1, -0.05) is 0 Å². The number of hydrogen-bond acceptors (Lipinski definition) is 8. The van der Waals surface area contributed by atoms with E-state index in [4.69, 9.17) is 9.84 Å². The predicted molar refractivity (Wildman–Crippen MR) is 76.7 cm³/mol. The van der Waals surface area contributed by atoms with Crippen LogP contribution in [0.15, 0.2) is 6.33 Å². The smallest absolute Gasteiger partial charge is 0.353 e. The standard InChI is InChI=1S/C12H19N5O4/c1-2-15(3-6-18)11-10(17(19)20)12(14-9-13-11)16-4-7-21-8-5-16/h9,18H,2-8H2,1H3. The highest BCUT2D eigenvalue weighted by atomic mass is 16.6. The number of aliphatic hydroxyl groups is 1. The number of aliphatic hydroxyl groups excluding tert-OH is 1. The van der Waals surface area contributed by atoms with Crippen LogP contribution in [0.2, 0.25) is 0 Å². The summed E-state index contributed by atoms with van der Waals surface area (Å²) in [7, 11) is 0. The number of ether oxygens (including phenoxy) is 1. The maximum absolute atomic E-state index is 11.5. The average molecular weight is 297 g/mol. The summed E-state index contributed by atoms with van der Waals surface area (Å²) in [4.78, 5) is 22.7.